The zero-order valence-electron chi connectivity index (χ0n) is 14.4. The van der Waals surface area contributed by atoms with Crippen LogP contribution in [0.2, 0.25) is 0 Å². The molecule has 2 unspecified atom stereocenters. The van der Waals surface area contributed by atoms with Gasteiger partial charge in [0.05, 0.1) is 0 Å². The Morgan fingerprint density at radius 2 is 1.82 bits per heavy atom. The summed E-state index contributed by atoms with van der Waals surface area (Å²) in [6.07, 6.45) is 8.32. The molecule has 22 heavy (non-hydrogen) atoms. The molecule has 0 amide bonds. The summed E-state index contributed by atoms with van der Waals surface area (Å²) >= 11 is 0. The van der Waals surface area contributed by atoms with Crippen molar-refractivity contribution in [3.8, 4) is 0 Å². The first-order chi connectivity index (χ1) is 10.6. The molecular formula is C20H32N2. The number of piperidine rings is 1. The average Bonchev–Trinajstić information content (AvgIpc) is 2.50. The van der Waals surface area contributed by atoms with Gasteiger partial charge in [-0.15, -0.1) is 0 Å². The lowest BCUT2D eigenvalue weighted by Crippen LogP contribution is -2.47. The SMILES string of the molecule is Cc1ccc(C2CC(N)CN(CC3CCCCC3)C2)cc1C. The Balaban J connectivity index is 1.65. The van der Waals surface area contributed by atoms with Gasteiger partial charge in [0.2, 0.25) is 0 Å². The van der Waals surface area contributed by atoms with Gasteiger partial charge in [-0.3, -0.25) is 0 Å². The first-order valence-corrected chi connectivity index (χ1v) is 9.17. The first-order valence-electron chi connectivity index (χ1n) is 9.17. The van der Waals surface area contributed by atoms with Crippen molar-refractivity contribution < 1.29 is 0 Å². The highest BCUT2D eigenvalue weighted by Crippen LogP contribution is 2.30. The van der Waals surface area contributed by atoms with Gasteiger partial charge in [-0.1, -0.05) is 37.5 Å². The summed E-state index contributed by atoms with van der Waals surface area (Å²) in [5.74, 6) is 1.53. The Morgan fingerprint density at radius 3 is 2.55 bits per heavy atom. The van der Waals surface area contributed by atoms with Crippen molar-refractivity contribution in [1.82, 2.24) is 4.90 Å². The topological polar surface area (TPSA) is 29.3 Å². The molecule has 1 saturated heterocycles. The predicted octanol–water partition coefficient (Wildman–Crippen LogP) is 4.00. The van der Waals surface area contributed by atoms with E-state index in [0.29, 0.717) is 12.0 Å². The molecule has 2 aliphatic rings. The highest BCUT2D eigenvalue weighted by Gasteiger charge is 2.28. The van der Waals surface area contributed by atoms with Crippen molar-refractivity contribution in [2.45, 2.75) is 64.3 Å². The summed E-state index contributed by atoms with van der Waals surface area (Å²) < 4.78 is 0. The van der Waals surface area contributed by atoms with Gasteiger partial charge in [-0.2, -0.15) is 0 Å². The van der Waals surface area contributed by atoms with E-state index in [0.717, 1.165) is 18.9 Å². The molecule has 1 saturated carbocycles. The molecular weight excluding hydrogens is 268 g/mol. The minimum absolute atomic E-state index is 0.337. The maximum Gasteiger partial charge on any atom is 0.0174 e. The second kappa shape index (κ2) is 7.14. The van der Waals surface area contributed by atoms with Crippen LogP contribution in [0.3, 0.4) is 0 Å². The van der Waals surface area contributed by atoms with Crippen LogP contribution in [0.1, 0.15) is 61.1 Å². The van der Waals surface area contributed by atoms with Crippen molar-refractivity contribution in [2.75, 3.05) is 19.6 Å². The molecule has 3 rings (SSSR count). The normalized spacial score (nSPS) is 28.0. The van der Waals surface area contributed by atoms with Crippen LogP contribution in [-0.2, 0) is 0 Å². The number of rotatable bonds is 3. The van der Waals surface area contributed by atoms with Crippen molar-refractivity contribution in [2.24, 2.45) is 11.7 Å². The molecule has 122 valence electrons. The van der Waals surface area contributed by atoms with E-state index in [2.05, 4.69) is 36.9 Å². The van der Waals surface area contributed by atoms with E-state index in [4.69, 9.17) is 5.73 Å². The van der Waals surface area contributed by atoms with Crippen molar-refractivity contribution >= 4 is 0 Å². The summed E-state index contributed by atoms with van der Waals surface area (Å²) in [5, 5.41) is 0. The van der Waals surface area contributed by atoms with Crippen LogP contribution in [0.5, 0.6) is 0 Å². The van der Waals surface area contributed by atoms with Gasteiger partial charge in [0.15, 0.2) is 0 Å². The molecule has 2 N–H and O–H groups in total. The first kappa shape index (κ1) is 16.0. The molecule has 0 aromatic heterocycles. The van der Waals surface area contributed by atoms with Crippen molar-refractivity contribution in [3.05, 3.63) is 34.9 Å². The molecule has 2 atom stereocenters. The van der Waals surface area contributed by atoms with Gasteiger partial charge in [0.25, 0.3) is 0 Å². The highest BCUT2D eigenvalue weighted by molar-refractivity contribution is 5.32. The lowest BCUT2D eigenvalue weighted by Gasteiger charge is -2.39. The van der Waals surface area contributed by atoms with Crippen LogP contribution in [0, 0.1) is 19.8 Å². The maximum atomic E-state index is 6.38. The average molecular weight is 300 g/mol. The highest BCUT2D eigenvalue weighted by atomic mass is 15.2. The summed E-state index contributed by atoms with van der Waals surface area (Å²) in [4.78, 5) is 2.66. The third-order valence-corrected chi connectivity index (χ3v) is 5.80. The molecule has 1 aromatic carbocycles. The minimum Gasteiger partial charge on any atom is -0.327 e. The number of benzene rings is 1. The standard InChI is InChI=1S/C20H32N2/c1-15-8-9-18(10-16(15)2)19-11-20(21)14-22(13-19)12-17-6-4-3-5-7-17/h8-10,17,19-20H,3-7,11-14,21H2,1-2H3. The Morgan fingerprint density at radius 1 is 1.05 bits per heavy atom. The van der Waals surface area contributed by atoms with Gasteiger partial charge < -0.3 is 10.6 Å². The monoisotopic (exact) mass is 300 g/mol. The van der Waals surface area contributed by atoms with Crippen LogP contribution < -0.4 is 5.73 Å². The van der Waals surface area contributed by atoms with E-state index < -0.39 is 0 Å². The maximum absolute atomic E-state index is 6.38. The lowest BCUT2D eigenvalue weighted by atomic mass is 9.85. The number of likely N-dealkylation sites (tertiary alicyclic amines) is 1. The number of nitrogens with zero attached hydrogens (tertiary/aromatic N) is 1. The molecule has 1 aliphatic carbocycles. The van der Waals surface area contributed by atoms with E-state index >= 15 is 0 Å². The van der Waals surface area contributed by atoms with Crippen molar-refractivity contribution in [3.63, 3.8) is 0 Å². The van der Waals surface area contributed by atoms with Crippen molar-refractivity contribution in [1.29, 1.82) is 0 Å². The number of aryl methyl sites for hydroxylation is 2. The van der Waals surface area contributed by atoms with Crippen LogP contribution in [0.4, 0.5) is 0 Å². The lowest BCUT2D eigenvalue weighted by molar-refractivity contribution is 0.147. The third-order valence-electron chi connectivity index (χ3n) is 5.80. The van der Waals surface area contributed by atoms with Gasteiger partial charge in [0.1, 0.15) is 0 Å². The van der Waals surface area contributed by atoms with E-state index in [1.54, 1.807) is 0 Å². The Bertz CT molecular complexity index is 490. The zero-order chi connectivity index (χ0) is 15.5. The second-order valence-electron chi connectivity index (χ2n) is 7.76. The van der Waals surface area contributed by atoms with Gasteiger partial charge in [-0.25, -0.2) is 0 Å². The molecule has 0 bridgehead atoms. The van der Waals surface area contributed by atoms with Crippen LogP contribution in [0.15, 0.2) is 18.2 Å². The molecule has 2 fully saturated rings. The molecule has 0 radical (unpaired) electrons. The molecule has 2 heteroatoms. The Kier molecular flexibility index (Phi) is 5.20. The van der Waals surface area contributed by atoms with Crippen LogP contribution in [0.25, 0.3) is 0 Å². The van der Waals surface area contributed by atoms with E-state index in [9.17, 15) is 0 Å². The Labute approximate surface area is 136 Å². The second-order valence-corrected chi connectivity index (χ2v) is 7.76. The fraction of sp³-hybridized carbons (Fsp3) is 0.700. The van der Waals surface area contributed by atoms with E-state index in [1.165, 1.54) is 61.9 Å². The number of hydrogen-bond donors (Lipinski definition) is 1. The third kappa shape index (κ3) is 3.91. The minimum atomic E-state index is 0.337. The molecule has 0 spiro atoms. The van der Waals surface area contributed by atoms with Crippen LogP contribution in [-0.4, -0.2) is 30.6 Å². The quantitative estimate of drug-likeness (QED) is 0.914. The Hall–Kier alpha value is -0.860. The molecule has 1 heterocycles. The molecule has 1 aliphatic heterocycles. The molecule has 1 aromatic rings. The van der Waals surface area contributed by atoms with Gasteiger partial charge >= 0.3 is 0 Å². The molecule has 2 nitrogen and oxygen atoms in total. The fourth-order valence-electron chi connectivity index (χ4n) is 4.38. The zero-order valence-corrected chi connectivity index (χ0v) is 14.4. The van der Waals surface area contributed by atoms with Crippen LogP contribution >= 0.6 is 0 Å². The summed E-state index contributed by atoms with van der Waals surface area (Å²) in [7, 11) is 0. The summed E-state index contributed by atoms with van der Waals surface area (Å²) in [6.45, 7) is 7.99. The fourth-order valence-corrected chi connectivity index (χ4v) is 4.38. The number of hydrogen-bond acceptors (Lipinski definition) is 2. The summed E-state index contributed by atoms with van der Waals surface area (Å²) in [6, 6.07) is 7.32. The summed E-state index contributed by atoms with van der Waals surface area (Å²) in [5.41, 5.74) is 10.7. The largest absolute Gasteiger partial charge is 0.327 e. The smallest absolute Gasteiger partial charge is 0.0174 e. The van der Waals surface area contributed by atoms with Gasteiger partial charge in [-0.05, 0) is 61.6 Å². The predicted molar refractivity (Wildman–Crippen MR) is 94.3 cm³/mol. The van der Waals surface area contributed by atoms with E-state index in [-0.39, 0.29) is 0 Å². The van der Waals surface area contributed by atoms with Gasteiger partial charge in [0, 0.05) is 25.7 Å². The number of nitrogens with two attached hydrogens (primary N) is 1. The van der Waals surface area contributed by atoms with E-state index in [1.807, 2.05) is 0 Å².